The molecule has 1 saturated carbocycles. The number of ether oxygens (including phenoxy) is 1. The molecule has 2 aliphatic rings. The molecule has 2 N–H and O–H groups in total. The van der Waals surface area contributed by atoms with Crippen LogP contribution in [0.25, 0.3) is 0 Å². The van der Waals surface area contributed by atoms with Gasteiger partial charge in [-0.15, -0.1) is 0 Å². The van der Waals surface area contributed by atoms with Crippen molar-refractivity contribution in [2.45, 2.75) is 43.7 Å². The topological polar surface area (TPSA) is 51.6 Å². The van der Waals surface area contributed by atoms with Gasteiger partial charge in [-0.1, -0.05) is 12.8 Å². The molecule has 1 saturated heterocycles. The lowest BCUT2D eigenvalue weighted by molar-refractivity contribution is -0.0306. The summed E-state index contributed by atoms with van der Waals surface area (Å²) >= 11 is 0. The Morgan fingerprint density at radius 2 is 2.00 bits per heavy atom. The zero-order chi connectivity index (χ0) is 13.1. The molecule has 1 aromatic rings. The van der Waals surface area contributed by atoms with Crippen LogP contribution < -0.4 is 5.73 Å². The van der Waals surface area contributed by atoms with E-state index in [1.165, 1.54) is 31.2 Å². The lowest BCUT2D eigenvalue weighted by atomic mass is 9.83. The van der Waals surface area contributed by atoms with Crippen molar-refractivity contribution < 1.29 is 9.15 Å². The average Bonchev–Trinajstić information content (AvgIpc) is 3.11. The Bertz CT molecular complexity index is 379. The van der Waals surface area contributed by atoms with Gasteiger partial charge in [0.2, 0.25) is 0 Å². The molecule has 2 heterocycles. The first-order valence-corrected chi connectivity index (χ1v) is 7.41. The van der Waals surface area contributed by atoms with Crippen molar-refractivity contribution >= 4 is 0 Å². The molecule has 0 radical (unpaired) electrons. The normalized spacial score (nSPS) is 25.5. The van der Waals surface area contributed by atoms with Crippen molar-refractivity contribution in [3.8, 4) is 0 Å². The van der Waals surface area contributed by atoms with Gasteiger partial charge >= 0.3 is 0 Å². The van der Waals surface area contributed by atoms with Crippen LogP contribution in [0.15, 0.2) is 23.0 Å². The van der Waals surface area contributed by atoms with E-state index in [-0.39, 0.29) is 11.6 Å². The van der Waals surface area contributed by atoms with Gasteiger partial charge in [0.1, 0.15) is 0 Å². The van der Waals surface area contributed by atoms with E-state index in [4.69, 9.17) is 14.9 Å². The highest BCUT2D eigenvalue weighted by Gasteiger charge is 2.44. The third-order valence-electron chi connectivity index (χ3n) is 4.84. The van der Waals surface area contributed by atoms with Gasteiger partial charge in [-0.25, -0.2) is 0 Å². The highest BCUT2D eigenvalue weighted by molar-refractivity contribution is 5.13. The summed E-state index contributed by atoms with van der Waals surface area (Å²) < 4.78 is 10.7. The summed E-state index contributed by atoms with van der Waals surface area (Å²) in [5, 5.41) is 0. The summed E-state index contributed by atoms with van der Waals surface area (Å²) in [5.74, 6) is 0. The Labute approximate surface area is 114 Å². The van der Waals surface area contributed by atoms with Crippen LogP contribution in [0.3, 0.4) is 0 Å². The molecule has 4 heteroatoms. The number of hydrogen-bond donors (Lipinski definition) is 1. The van der Waals surface area contributed by atoms with Crippen molar-refractivity contribution in [3.63, 3.8) is 0 Å². The molecule has 3 rings (SSSR count). The van der Waals surface area contributed by atoms with Gasteiger partial charge in [-0.3, -0.25) is 4.90 Å². The van der Waals surface area contributed by atoms with E-state index in [2.05, 4.69) is 4.90 Å². The Balaban J connectivity index is 1.75. The highest BCUT2D eigenvalue weighted by atomic mass is 16.5. The molecule has 4 nitrogen and oxygen atoms in total. The number of furan rings is 1. The van der Waals surface area contributed by atoms with Gasteiger partial charge < -0.3 is 14.9 Å². The molecule has 1 aromatic heterocycles. The fourth-order valence-electron chi connectivity index (χ4n) is 3.77. The van der Waals surface area contributed by atoms with E-state index in [9.17, 15) is 0 Å². The predicted molar refractivity (Wildman–Crippen MR) is 74.0 cm³/mol. The summed E-state index contributed by atoms with van der Waals surface area (Å²) in [5.41, 5.74) is 8.01. The maximum atomic E-state index is 6.61. The molecular formula is C15H24N2O2. The molecule has 19 heavy (non-hydrogen) atoms. The number of nitrogens with zero attached hydrogens (tertiary/aromatic N) is 1. The zero-order valence-corrected chi connectivity index (χ0v) is 11.5. The van der Waals surface area contributed by atoms with Crippen LogP contribution in [0.5, 0.6) is 0 Å². The lowest BCUT2D eigenvalue weighted by Gasteiger charge is -2.47. The van der Waals surface area contributed by atoms with Gasteiger partial charge in [0.05, 0.1) is 25.7 Å². The Morgan fingerprint density at radius 1 is 1.26 bits per heavy atom. The minimum absolute atomic E-state index is 0.182. The quantitative estimate of drug-likeness (QED) is 0.901. The van der Waals surface area contributed by atoms with Gasteiger partial charge in [0.25, 0.3) is 0 Å². The largest absolute Gasteiger partial charge is 0.472 e. The van der Waals surface area contributed by atoms with Gasteiger partial charge in [0.15, 0.2) is 0 Å². The second kappa shape index (κ2) is 5.65. The summed E-state index contributed by atoms with van der Waals surface area (Å²) in [6, 6.07) is 2.22. The lowest BCUT2D eigenvalue weighted by Crippen LogP contribution is -2.61. The first-order valence-electron chi connectivity index (χ1n) is 7.41. The second-order valence-electron chi connectivity index (χ2n) is 5.85. The van der Waals surface area contributed by atoms with Crippen LogP contribution in [-0.2, 0) is 11.2 Å². The van der Waals surface area contributed by atoms with Gasteiger partial charge in [0, 0.05) is 24.7 Å². The molecular weight excluding hydrogens is 240 g/mol. The Morgan fingerprint density at radius 3 is 2.63 bits per heavy atom. The van der Waals surface area contributed by atoms with Crippen molar-refractivity contribution in [2.24, 2.45) is 5.73 Å². The van der Waals surface area contributed by atoms with E-state index in [1.807, 2.05) is 12.3 Å². The molecule has 0 spiro atoms. The van der Waals surface area contributed by atoms with Crippen LogP contribution in [0.1, 0.15) is 31.2 Å². The van der Waals surface area contributed by atoms with E-state index in [0.717, 1.165) is 32.7 Å². The second-order valence-corrected chi connectivity index (χ2v) is 5.85. The summed E-state index contributed by atoms with van der Waals surface area (Å²) in [6.45, 7) is 3.75. The molecule has 0 amide bonds. The predicted octanol–water partition coefficient (Wildman–Crippen LogP) is 1.79. The van der Waals surface area contributed by atoms with E-state index < -0.39 is 0 Å². The van der Waals surface area contributed by atoms with Crippen molar-refractivity contribution in [2.75, 3.05) is 26.3 Å². The third-order valence-corrected chi connectivity index (χ3v) is 4.84. The smallest absolute Gasteiger partial charge is 0.0935 e. The molecule has 106 valence electrons. The van der Waals surface area contributed by atoms with E-state index in [1.54, 1.807) is 6.26 Å². The van der Waals surface area contributed by atoms with Crippen LogP contribution >= 0.6 is 0 Å². The summed E-state index contributed by atoms with van der Waals surface area (Å²) in [7, 11) is 0. The van der Waals surface area contributed by atoms with Gasteiger partial charge in [-0.2, -0.15) is 0 Å². The van der Waals surface area contributed by atoms with Crippen LogP contribution in [-0.4, -0.2) is 42.8 Å². The fraction of sp³-hybridized carbons (Fsp3) is 0.733. The number of nitrogens with two attached hydrogens (primary N) is 1. The Kier molecular flexibility index (Phi) is 3.91. The van der Waals surface area contributed by atoms with Crippen LogP contribution in [0, 0.1) is 0 Å². The van der Waals surface area contributed by atoms with Crippen LogP contribution in [0.4, 0.5) is 0 Å². The number of hydrogen-bond acceptors (Lipinski definition) is 4. The van der Waals surface area contributed by atoms with Crippen molar-refractivity contribution in [1.82, 2.24) is 4.90 Å². The molecule has 1 unspecified atom stereocenters. The minimum atomic E-state index is 0.182. The standard InChI is InChI=1S/C15H24N2O2/c16-14(11-13-3-8-19-12-13)15(4-1-2-5-15)17-6-9-18-10-7-17/h3,8,12,14H,1-2,4-7,9-11,16H2. The third kappa shape index (κ3) is 2.57. The highest BCUT2D eigenvalue weighted by Crippen LogP contribution is 2.38. The maximum absolute atomic E-state index is 6.61. The average molecular weight is 264 g/mol. The molecule has 1 atom stereocenters. The number of morpholine rings is 1. The monoisotopic (exact) mass is 264 g/mol. The molecule has 0 aromatic carbocycles. The van der Waals surface area contributed by atoms with E-state index >= 15 is 0 Å². The molecule has 0 bridgehead atoms. The zero-order valence-electron chi connectivity index (χ0n) is 11.5. The minimum Gasteiger partial charge on any atom is -0.472 e. The molecule has 1 aliphatic carbocycles. The first kappa shape index (κ1) is 13.2. The van der Waals surface area contributed by atoms with E-state index in [0.29, 0.717) is 0 Å². The molecule has 2 fully saturated rings. The fourth-order valence-corrected chi connectivity index (χ4v) is 3.77. The Hall–Kier alpha value is -0.840. The first-order chi connectivity index (χ1) is 9.31. The SMILES string of the molecule is NC(Cc1ccoc1)C1(N2CCOCC2)CCCC1. The van der Waals surface area contributed by atoms with Crippen molar-refractivity contribution in [1.29, 1.82) is 0 Å². The maximum Gasteiger partial charge on any atom is 0.0935 e. The van der Waals surface area contributed by atoms with Gasteiger partial charge in [-0.05, 0) is 30.9 Å². The summed E-state index contributed by atoms with van der Waals surface area (Å²) in [4.78, 5) is 2.59. The summed E-state index contributed by atoms with van der Waals surface area (Å²) in [6.07, 6.45) is 9.53. The molecule has 1 aliphatic heterocycles. The van der Waals surface area contributed by atoms with Crippen LogP contribution in [0.2, 0.25) is 0 Å². The number of rotatable bonds is 4. The van der Waals surface area contributed by atoms with Crippen molar-refractivity contribution in [3.05, 3.63) is 24.2 Å².